The minimum absolute atomic E-state index is 0.0786. The fourth-order valence-corrected chi connectivity index (χ4v) is 10.7. The minimum atomic E-state index is -0.785. The summed E-state index contributed by atoms with van der Waals surface area (Å²) in [4.78, 5) is 38.5. The van der Waals surface area contributed by atoms with Crippen LogP contribution in [0.25, 0.3) is 0 Å². The van der Waals surface area contributed by atoms with Gasteiger partial charge < -0.3 is 14.2 Å². The zero-order valence-electron chi connectivity index (χ0n) is 55.5. The van der Waals surface area contributed by atoms with E-state index in [4.69, 9.17) is 14.2 Å². The number of hydrogen-bond donors (Lipinski definition) is 0. The highest BCUT2D eigenvalue weighted by Gasteiger charge is 2.19. The summed E-state index contributed by atoms with van der Waals surface area (Å²) in [6, 6.07) is 0. The molecule has 0 saturated heterocycles. The molecule has 0 aromatic heterocycles. The second kappa shape index (κ2) is 71.3. The van der Waals surface area contributed by atoms with E-state index in [1.807, 2.05) is 0 Å². The molecule has 1 atom stereocenters. The molecule has 0 aliphatic carbocycles. The third-order valence-electron chi connectivity index (χ3n) is 16.2. The number of ether oxygens (including phenoxy) is 3. The molecule has 0 radical (unpaired) electrons. The highest BCUT2D eigenvalue weighted by atomic mass is 16.6. The van der Waals surface area contributed by atoms with Crippen molar-refractivity contribution < 1.29 is 28.6 Å². The van der Waals surface area contributed by atoms with Gasteiger partial charge in [0.2, 0.25) is 0 Å². The molecular weight excluding hydrogens is 1020 g/mol. The molecule has 0 aromatic carbocycles. The van der Waals surface area contributed by atoms with Crippen LogP contribution in [0.4, 0.5) is 0 Å². The highest BCUT2D eigenvalue weighted by Crippen LogP contribution is 2.18. The fraction of sp³-hybridized carbons (Fsp3) is 0.805. The van der Waals surface area contributed by atoms with Crippen molar-refractivity contribution in [3.8, 4) is 0 Å². The molecule has 0 fully saturated rings. The van der Waals surface area contributed by atoms with Gasteiger partial charge in [0.1, 0.15) is 13.2 Å². The van der Waals surface area contributed by atoms with Gasteiger partial charge in [0, 0.05) is 19.3 Å². The predicted octanol–water partition coefficient (Wildman–Crippen LogP) is 25.2. The molecule has 83 heavy (non-hydrogen) atoms. The van der Waals surface area contributed by atoms with Gasteiger partial charge in [-0.1, -0.05) is 318 Å². The lowest BCUT2D eigenvalue weighted by Crippen LogP contribution is -2.30. The quantitative estimate of drug-likeness (QED) is 0.0261. The zero-order valence-corrected chi connectivity index (χ0v) is 55.5. The molecule has 0 aliphatic rings. The van der Waals surface area contributed by atoms with Crippen molar-refractivity contribution in [2.75, 3.05) is 13.2 Å². The fourth-order valence-electron chi connectivity index (χ4n) is 10.7. The Morgan fingerprint density at radius 3 is 0.711 bits per heavy atom. The van der Waals surface area contributed by atoms with E-state index in [-0.39, 0.29) is 31.1 Å². The van der Waals surface area contributed by atoms with Gasteiger partial charge in [-0.3, -0.25) is 14.4 Å². The van der Waals surface area contributed by atoms with Crippen LogP contribution in [0.2, 0.25) is 0 Å². The third-order valence-corrected chi connectivity index (χ3v) is 16.2. The van der Waals surface area contributed by atoms with E-state index in [2.05, 4.69) is 93.7 Å². The topological polar surface area (TPSA) is 78.9 Å². The highest BCUT2D eigenvalue weighted by molar-refractivity contribution is 5.71. The van der Waals surface area contributed by atoms with Crippen LogP contribution in [0, 0.1) is 0 Å². The van der Waals surface area contributed by atoms with Crippen molar-refractivity contribution in [3.05, 3.63) is 72.9 Å². The molecule has 0 amide bonds. The lowest BCUT2D eigenvalue weighted by molar-refractivity contribution is -0.167. The molecular formula is C77H138O6. The van der Waals surface area contributed by atoms with E-state index in [9.17, 15) is 14.4 Å². The van der Waals surface area contributed by atoms with Crippen molar-refractivity contribution in [2.45, 2.75) is 386 Å². The molecule has 0 bridgehead atoms. The number of carbonyl (C=O) groups excluding carboxylic acids is 3. The monoisotopic (exact) mass is 1160 g/mol. The van der Waals surface area contributed by atoms with E-state index < -0.39 is 6.10 Å². The molecule has 6 nitrogen and oxygen atoms in total. The van der Waals surface area contributed by atoms with Crippen LogP contribution < -0.4 is 0 Å². The molecule has 6 heteroatoms. The number of carbonyl (C=O) groups is 3. The summed E-state index contributed by atoms with van der Waals surface area (Å²) >= 11 is 0. The Kier molecular flexibility index (Phi) is 68.6. The van der Waals surface area contributed by atoms with Crippen molar-refractivity contribution in [3.63, 3.8) is 0 Å². The first-order chi connectivity index (χ1) is 41.0. The Balaban J connectivity index is 4.32. The van der Waals surface area contributed by atoms with E-state index in [1.165, 1.54) is 250 Å². The number of hydrogen-bond acceptors (Lipinski definition) is 6. The van der Waals surface area contributed by atoms with Gasteiger partial charge in [0.15, 0.2) is 6.10 Å². The van der Waals surface area contributed by atoms with Crippen LogP contribution in [0.1, 0.15) is 380 Å². The lowest BCUT2D eigenvalue weighted by Gasteiger charge is -2.18. The van der Waals surface area contributed by atoms with Gasteiger partial charge in [-0.2, -0.15) is 0 Å². The van der Waals surface area contributed by atoms with Gasteiger partial charge in [-0.25, -0.2) is 0 Å². The molecule has 1 unspecified atom stereocenters. The van der Waals surface area contributed by atoms with Gasteiger partial charge in [0.25, 0.3) is 0 Å². The molecule has 482 valence electrons. The summed E-state index contributed by atoms with van der Waals surface area (Å²) in [5.41, 5.74) is 0. The molecule has 0 heterocycles. The van der Waals surface area contributed by atoms with Crippen molar-refractivity contribution >= 4 is 17.9 Å². The molecule has 0 aliphatic heterocycles. The first kappa shape index (κ1) is 79.8. The SMILES string of the molecule is CCCCC/C=C\C/C=C\C/C=C\CCCCCCCCC(=O)OC(COC(=O)CCCCCCCCCCC/C=C\CCCCCCCC)COC(=O)CCCCCCCCCCCCCCCCC/C=C\C/C=C\CCCCCCC. The van der Waals surface area contributed by atoms with E-state index in [0.717, 1.165) is 89.9 Å². The first-order valence-corrected chi connectivity index (χ1v) is 36.4. The van der Waals surface area contributed by atoms with Crippen LogP contribution in [-0.4, -0.2) is 37.2 Å². The van der Waals surface area contributed by atoms with Crippen molar-refractivity contribution in [1.29, 1.82) is 0 Å². The van der Waals surface area contributed by atoms with Crippen LogP contribution in [0.15, 0.2) is 72.9 Å². The molecule has 0 aromatic rings. The number of unbranched alkanes of at least 4 members (excludes halogenated alkanes) is 44. The summed E-state index contributed by atoms with van der Waals surface area (Å²) in [5.74, 6) is -0.871. The van der Waals surface area contributed by atoms with Crippen molar-refractivity contribution in [2.24, 2.45) is 0 Å². The Bertz CT molecular complexity index is 1520. The number of rotatable bonds is 67. The maximum atomic E-state index is 13.0. The Hall–Kier alpha value is -3.15. The number of allylic oxidation sites excluding steroid dienone is 12. The number of esters is 3. The summed E-state index contributed by atoms with van der Waals surface area (Å²) < 4.78 is 17.0. The van der Waals surface area contributed by atoms with E-state index in [1.54, 1.807) is 0 Å². The second-order valence-electron chi connectivity index (χ2n) is 24.5. The second-order valence-corrected chi connectivity index (χ2v) is 24.5. The third kappa shape index (κ3) is 69.5. The maximum absolute atomic E-state index is 13.0. The van der Waals surface area contributed by atoms with Crippen LogP contribution in [0.3, 0.4) is 0 Å². The summed E-state index contributed by atoms with van der Waals surface area (Å²) in [6.07, 6.45) is 93.5. The lowest BCUT2D eigenvalue weighted by atomic mass is 10.0. The molecule has 0 spiro atoms. The Labute approximate surface area is 516 Å². The van der Waals surface area contributed by atoms with Gasteiger partial charge in [0.05, 0.1) is 0 Å². The first-order valence-electron chi connectivity index (χ1n) is 36.4. The normalized spacial score (nSPS) is 12.5. The molecule has 0 rings (SSSR count). The Morgan fingerprint density at radius 1 is 0.241 bits per heavy atom. The standard InChI is InChI=1S/C77H138O6/c1-4-7-10-13-16-19-22-25-28-31-34-35-36-37-38-39-40-41-44-46-49-52-55-58-61-64-67-70-76(79)82-73-74(83-77(80)71-68-65-62-59-56-53-50-47-43-33-30-27-24-21-18-15-12-9-6-3)72-81-75(78)69-66-63-60-57-54-51-48-45-42-32-29-26-23-20-17-14-11-8-5-2/h18,21-22,25-27,29-31,34,43,47,74H,4-17,19-20,23-24,28,32-33,35-42,44-46,48-73H2,1-3H3/b21-18-,25-22-,29-26-,30-27-,34-31-,47-43-. The smallest absolute Gasteiger partial charge is 0.306 e. The zero-order chi connectivity index (χ0) is 59.9. The average Bonchev–Trinajstić information content (AvgIpc) is 3.50. The summed E-state index contributed by atoms with van der Waals surface area (Å²) in [6.45, 7) is 6.64. The predicted molar refractivity (Wildman–Crippen MR) is 362 cm³/mol. The average molecular weight is 1160 g/mol. The van der Waals surface area contributed by atoms with Gasteiger partial charge in [-0.15, -0.1) is 0 Å². The summed E-state index contributed by atoms with van der Waals surface area (Å²) in [7, 11) is 0. The Morgan fingerprint density at radius 2 is 0.434 bits per heavy atom. The van der Waals surface area contributed by atoms with Crippen LogP contribution in [-0.2, 0) is 28.6 Å². The van der Waals surface area contributed by atoms with Gasteiger partial charge in [-0.05, 0) is 116 Å². The largest absolute Gasteiger partial charge is 0.462 e. The summed E-state index contributed by atoms with van der Waals surface area (Å²) in [5, 5.41) is 0. The minimum Gasteiger partial charge on any atom is -0.462 e. The van der Waals surface area contributed by atoms with E-state index >= 15 is 0 Å². The van der Waals surface area contributed by atoms with Crippen LogP contribution >= 0.6 is 0 Å². The van der Waals surface area contributed by atoms with Crippen molar-refractivity contribution in [1.82, 2.24) is 0 Å². The molecule has 0 N–H and O–H groups in total. The molecule has 0 saturated carbocycles. The van der Waals surface area contributed by atoms with E-state index in [0.29, 0.717) is 19.3 Å². The maximum Gasteiger partial charge on any atom is 0.306 e. The van der Waals surface area contributed by atoms with Gasteiger partial charge >= 0.3 is 17.9 Å². The van der Waals surface area contributed by atoms with Crippen LogP contribution in [0.5, 0.6) is 0 Å².